The van der Waals surface area contributed by atoms with Gasteiger partial charge in [0.1, 0.15) is 5.75 Å². The van der Waals surface area contributed by atoms with E-state index < -0.39 is 0 Å². The molecule has 3 heterocycles. The van der Waals surface area contributed by atoms with Crippen LogP contribution in [0.1, 0.15) is 71.6 Å². The number of amides is 1. The molecule has 1 aromatic rings. The van der Waals surface area contributed by atoms with Crippen molar-refractivity contribution in [2.75, 3.05) is 37.7 Å². The van der Waals surface area contributed by atoms with Gasteiger partial charge in [-0.3, -0.25) is 9.69 Å². The number of rotatable bonds is 8. The highest BCUT2D eigenvalue weighted by atomic mass is 16.5. The maximum Gasteiger partial charge on any atom is 0.227 e. The first kappa shape index (κ1) is 22.6. The molecular weight excluding hydrogens is 386 g/mol. The van der Waals surface area contributed by atoms with Gasteiger partial charge in [-0.2, -0.15) is 0 Å². The molecule has 31 heavy (non-hydrogen) atoms. The van der Waals surface area contributed by atoms with Crippen LogP contribution in [-0.4, -0.2) is 66.6 Å². The van der Waals surface area contributed by atoms with Gasteiger partial charge < -0.3 is 14.5 Å². The fourth-order valence-electron chi connectivity index (χ4n) is 5.77. The van der Waals surface area contributed by atoms with Crippen LogP contribution in [0, 0.1) is 0 Å². The summed E-state index contributed by atoms with van der Waals surface area (Å²) in [6.45, 7) is 9.94. The zero-order valence-electron chi connectivity index (χ0n) is 19.6. The lowest BCUT2D eigenvalue weighted by atomic mass is 9.97. The number of nitrogens with zero attached hydrogens (tertiary/aromatic N) is 3. The number of likely N-dealkylation sites (tertiary alicyclic amines) is 2. The Labute approximate surface area is 188 Å². The molecule has 172 valence electrons. The van der Waals surface area contributed by atoms with Crippen molar-refractivity contribution in [3.05, 3.63) is 24.3 Å². The zero-order valence-corrected chi connectivity index (χ0v) is 19.6. The van der Waals surface area contributed by atoms with E-state index in [0.717, 1.165) is 44.0 Å². The first-order valence-electron chi connectivity index (χ1n) is 12.6. The number of hydrogen-bond acceptors (Lipinski definition) is 4. The van der Waals surface area contributed by atoms with Crippen LogP contribution in [0.2, 0.25) is 0 Å². The van der Waals surface area contributed by atoms with Crippen LogP contribution < -0.4 is 9.64 Å². The molecule has 0 N–H and O–H groups in total. The van der Waals surface area contributed by atoms with Crippen molar-refractivity contribution in [3.8, 4) is 5.75 Å². The van der Waals surface area contributed by atoms with Crippen LogP contribution >= 0.6 is 0 Å². The largest absolute Gasteiger partial charge is 0.494 e. The van der Waals surface area contributed by atoms with E-state index in [1.807, 2.05) is 17.0 Å². The zero-order chi connectivity index (χ0) is 21.6. The second-order valence-corrected chi connectivity index (χ2v) is 9.88. The quantitative estimate of drug-likeness (QED) is 0.564. The smallest absolute Gasteiger partial charge is 0.227 e. The molecule has 0 saturated carbocycles. The van der Waals surface area contributed by atoms with Crippen molar-refractivity contribution in [2.24, 2.45) is 0 Å². The molecule has 3 aliphatic rings. The van der Waals surface area contributed by atoms with Crippen LogP contribution in [0.4, 0.5) is 5.69 Å². The van der Waals surface area contributed by atoms with Crippen molar-refractivity contribution >= 4 is 11.6 Å². The summed E-state index contributed by atoms with van der Waals surface area (Å²) in [5.41, 5.74) is 1.02. The molecule has 0 bridgehead atoms. The molecule has 3 atom stereocenters. The van der Waals surface area contributed by atoms with Gasteiger partial charge in [0.25, 0.3) is 0 Å². The van der Waals surface area contributed by atoms with Gasteiger partial charge >= 0.3 is 0 Å². The molecule has 3 unspecified atom stereocenters. The van der Waals surface area contributed by atoms with Crippen LogP contribution in [0.15, 0.2) is 24.3 Å². The summed E-state index contributed by atoms with van der Waals surface area (Å²) < 4.78 is 6.02. The highest BCUT2D eigenvalue weighted by Gasteiger charge is 2.33. The molecule has 3 fully saturated rings. The molecule has 0 aliphatic carbocycles. The average molecular weight is 428 g/mol. The predicted molar refractivity (Wildman–Crippen MR) is 127 cm³/mol. The molecule has 1 amide bonds. The molecule has 0 spiro atoms. The van der Waals surface area contributed by atoms with Crippen molar-refractivity contribution in [1.82, 2.24) is 9.80 Å². The fraction of sp³-hybridized carbons (Fsp3) is 0.731. The van der Waals surface area contributed by atoms with E-state index in [1.54, 1.807) is 0 Å². The van der Waals surface area contributed by atoms with Gasteiger partial charge in [-0.05, 0) is 89.7 Å². The Kier molecular flexibility index (Phi) is 7.89. The van der Waals surface area contributed by atoms with Crippen molar-refractivity contribution in [2.45, 2.75) is 89.8 Å². The van der Waals surface area contributed by atoms with Gasteiger partial charge in [-0.25, -0.2) is 0 Å². The summed E-state index contributed by atoms with van der Waals surface area (Å²) in [6.07, 6.45) is 10.6. The van der Waals surface area contributed by atoms with Gasteiger partial charge in [0.05, 0.1) is 12.6 Å². The Balaban J connectivity index is 1.26. The molecule has 1 aromatic carbocycles. The number of piperidine rings is 2. The maximum atomic E-state index is 12.6. The SMILES string of the molecule is CC1CCCC(C)N1CCCOc1ccc(N2C(=O)CCC2CN2CCCCC2)cc1. The maximum absolute atomic E-state index is 12.6. The van der Waals surface area contributed by atoms with Gasteiger partial charge in [-0.1, -0.05) is 12.8 Å². The summed E-state index contributed by atoms with van der Waals surface area (Å²) in [4.78, 5) is 19.8. The number of anilines is 1. The van der Waals surface area contributed by atoms with Crippen LogP contribution in [0.3, 0.4) is 0 Å². The Bertz CT molecular complexity index is 691. The molecule has 0 radical (unpaired) electrons. The molecule has 3 aliphatic heterocycles. The van der Waals surface area contributed by atoms with E-state index in [2.05, 4.69) is 35.8 Å². The average Bonchev–Trinajstić information content (AvgIpc) is 3.14. The minimum Gasteiger partial charge on any atom is -0.494 e. The second-order valence-electron chi connectivity index (χ2n) is 9.88. The topological polar surface area (TPSA) is 36.0 Å². The first-order chi connectivity index (χ1) is 15.1. The summed E-state index contributed by atoms with van der Waals surface area (Å²) in [7, 11) is 0. The Morgan fingerprint density at radius 3 is 2.35 bits per heavy atom. The molecule has 5 heteroatoms. The van der Waals surface area contributed by atoms with Crippen molar-refractivity contribution < 1.29 is 9.53 Å². The number of benzene rings is 1. The van der Waals surface area contributed by atoms with Crippen LogP contribution in [0.25, 0.3) is 0 Å². The van der Waals surface area contributed by atoms with E-state index in [0.29, 0.717) is 24.5 Å². The van der Waals surface area contributed by atoms with Crippen LogP contribution in [0.5, 0.6) is 5.75 Å². The van der Waals surface area contributed by atoms with Crippen LogP contribution in [-0.2, 0) is 4.79 Å². The van der Waals surface area contributed by atoms with E-state index in [9.17, 15) is 4.79 Å². The lowest BCUT2D eigenvalue weighted by Crippen LogP contribution is -2.44. The first-order valence-corrected chi connectivity index (χ1v) is 12.6. The molecular formula is C26H41N3O2. The van der Waals surface area contributed by atoms with Crippen molar-refractivity contribution in [1.29, 1.82) is 0 Å². The number of carbonyl (C=O) groups is 1. The monoisotopic (exact) mass is 427 g/mol. The molecule has 5 nitrogen and oxygen atoms in total. The van der Waals surface area contributed by atoms with E-state index in [1.165, 1.54) is 51.6 Å². The van der Waals surface area contributed by atoms with Gasteiger partial charge in [0, 0.05) is 37.3 Å². The van der Waals surface area contributed by atoms with E-state index in [-0.39, 0.29) is 5.91 Å². The summed E-state index contributed by atoms with van der Waals surface area (Å²) in [5, 5.41) is 0. The van der Waals surface area contributed by atoms with E-state index >= 15 is 0 Å². The summed E-state index contributed by atoms with van der Waals surface area (Å²) in [6, 6.07) is 9.90. The van der Waals surface area contributed by atoms with Gasteiger partial charge in [0.15, 0.2) is 0 Å². The molecule has 4 rings (SSSR count). The van der Waals surface area contributed by atoms with Gasteiger partial charge in [0.2, 0.25) is 5.91 Å². The normalized spacial score (nSPS) is 28.3. The molecule has 3 saturated heterocycles. The lowest BCUT2D eigenvalue weighted by Gasteiger charge is -2.39. The minimum atomic E-state index is 0.264. The third-order valence-electron chi connectivity index (χ3n) is 7.56. The highest BCUT2D eigenvalue weighted by molar-refractivity contribution is 5.96. The van der Waals surface area contributed by atoms with E-state index in [4.69, 9.17) is 4.74 Å². The number of carbonyl (C=O) groups excluding carboxylic acids is 1. The lowest BCUT2D eigenvalue weighted by molar-refractivity contribution is -0.117. The Morgan fingerprint density at radius 1 is 0.935 bits per heavy atom. The predicted octanol–water partition coefficient (Wildman–Crippen LogP) is 4.70. The fourth-order valence-corrected chi connectivity index (χ4v) is 5.77. The third kappa shape index (κ3) is 5.81. The highest BCUT2D eigenvalue weighted by Crippen LogP contribution is 2.29. The second kappa shape index (κ2) is 10.8. The third-order valence-corrected chi connectivity index (χ3v) is 7.56. The summed E-state index contributed by atoms with van der Waals surface area (Å²) >= 11 is 0. The van der Waals surface area contributed by atoms with Gasteiger partial charge in [-0.15, -0.1) is 0 Å². The summed E-state index contributed by atoms with van der Waals surface area (Å²) in [5.74, 6) is 1.17. The van der Waals surface area contributed by atoms with Crippen molar-refractivity contribution in [3.63, 3.8) is 0 Å². The Morgan fingerprint density at radius 2 is 1.65 bits per heavy atom. The molecule has 0 aromatic heterocycles. The number of ether oxygens (including phenoxy) is 1. The standard InChI is InChI=1S/C26H41N3O2/c1-21-8-6-9-22(2)28(21)18-7-19-31-25-13-10-23(11-14-25)29-24(12-15-26(29)30)20-27-16-4-3-5-17-27/h10-11,13-14,21-22,24H,3-9,12,15-20H2,1-2H3. The Hall–Kier alpha value is -1.59. The minimum absolute atomic E-state index is 0.264. The number of hydrogen-bond donors (Lipinski definition) is 0.